The highest BCUT2D eigenvalue weighted by Gasteiger charge is 2.18. The van der Waals surface area contributed by atoms with Crippen LogP contribution in [0.25, 0.3) is 17.1 Å². The number of nitrogens with zero attached hydrogens (tertiary/aromatic N) is 3. The van der Waals surface area contributed by atoms with Crippen molar-refractivity contribution in [3.05, 3.63) is 89.5 Å². The Bertz CT molecular complexity index is 1170. The summed E-state index contributed by atoms with van der Waals surface area (Å²) >= 11 is 1.47. The summed E-state index contributed by atoms with van der Waals surface area (Å²) in [5.74, 6) is 1.98. The van der Waals surface area contributed by atoms with Gasteiger partial charge in [-0.3, -0.25) is 4.57 Å². The summed E-state index contributed by atoms with van der Waals surface area (Å²) < 4.78 is 7.78. The highest BCUT2D eigenvalue weighted by atomic mass is 32.2. The van der Waals surface area contributed by atoms with Gasteiger partial charge in [-0.15, -0.1) is 10.2 Å². The summed E-state index contributed by atoms with van der Waals surface area (Å²) in [5, 5.41) is 20.1. The maximum absolute atomic E-state index is 10.5. The number of benzene rings is 3. The first-order valence-electron chi connectivity index (χ1n) is 10.6. The van der Waals surface area contributed by atoms with Gasteiger partial charge in [-0.05, 0) is 56.2 Å². The van der Waals surface area contributed by atoms with Gasteiger partial charge in [-0.2, -0.15) is 0 Å². The van der Waals surface area contributed by atoms with E-state index in [1.165, 1.54) is 28.5 Å². The molecule has 1 heterocycles. The van der Waals surface area contributed by atoms with Crippen molar-refractivity contribution >= 4 is 11.8 Å². The van der Waals surface area contributed by atoms with E-state index in [1.54, 1.807) is 0 Å². The zero-order chi connectivity index (χ0) is 22.5. The van der Waals surface area contributed by atoms with Crippen molar-refractivity contribution < 1.29 is 9.84 Å². The molecule has 1 N–H and O–H groups in total. The van der Waals surface area contributed by atoms with Gasteiger partial charge in [0.1, 0.15) is 12.4 Å². The molecule has 4 aromatic rings. The first-order chi connectivity index (χ1) is 15.5. The molecule has 164 valence electrons. The highest BCUT2D eigenvalue weighted by molar-refractivity contribution is 7.99. The molecular weight excluding hydrogens is 418 g/mol. The van der Waals surface area contributed by atoms with E-state index >= 15 is 0 Å². The number of aromatic nitrogens is 3. The van der Waals surface area contributed by atoms with Crippen LogP contribution in [0.4, 0.5) is 0 Å². The first-order valence-corrected chi connectivity index (χ1v) is 11.6. The fourth-order valence-corrected chi connectivity index (χ4v) is 4.14. The second kappa shape index (κ2) is 10.0. The monoisotopic (exact) mass is 445 g/mol. The summed E-state index contributed by atoms with van der Waals surface area (Å²) in [6, 6.07) is 24.2. The van der Waals surface area contributed by atoms with Crippen molar-refractivity contribution in [3.63, 3.8) is 0 Å². The van der Waals surface area contributed by atoms with Gasteiger partial charge >= 0.3 is 0 Å². The number of rotatable bonds is 8. The Labute approximate surface area is 193 Å². The number of aliphatic hydroxyl groups excluding tert-OH is 1. The Morgan fingerprint density at radius 2 is 1.66 bits per heavy atom. The predicted molar refractivity (Wildman–Crippen MR) is 130 cm³/mol. The molecule has 0 saturated carbocycles. The molecule has 6 heteroatoms. The number of aryl methyl sites for hydroxylation is 3. The zero-order valence-corrected chi connectivity index (χ0v) is 19.3. The van der Waals surface area contributed by atoms with Crippen LogP contribution in [0.5, 0.6) is 5.75 Å². The number of thioether (sulfide) groups is 1. The van der Waals surface area contributed by atoms with Crippen molar-refractivity contribution in [1.29, 1.82) is 0 Å². The van der Waals surface area contributed by atoms with Gasteiger partial charge in [0, 0.05) is 11.3 Å². The molecule has 3 aromatic carbocycles. The molecule has 1 aromatic heterocycles. The van der Waals surface area contributed by atoms with Gasteiger partial charge in [-0.1, -0.05) is 65.9 Å². The van der Waals surface area contributed by atoms with E-state index < -0.39 is 6.10 Å². The van der Waals surface area contributed by atoms with Crippen LogP contribution in [0.3, 0.4) is 0 Å². The summed E-state index contributed by atoms with van der Waals surface area (Å²) in [6.45, 7) is 6.46. The van der Waals surface area contributed by atoms with Crippen molar-refractivity contribution in [2.24, 2.45) is 0 Å². The van der Waals surface area contributed by atoms with Crippen molar-refractivity contribution in [2.45, 2.75) is 32.0 Å². The van der Waals surface area contributed by atoms with E-state index in [0.717, 1.165) is 28.0 Å². The topological polar surface area (TPSA) is 60.2 Å². The largest absolute Gasteiger partial charge is 0.491 e. The molecule has 0 spiro atoms. The summed E-state index contributed by atoms with van der Waals surface area (Å²) in [5.41, 5.74) is 5.62. The minimum absolute atomic E-state index is 0.222. The maximum atomic E-state index is 10.5. The van der Waals surface area contributed by atoms with Gasteiger partial charge in [0.05, 0.1) is 11.8 Å². The quantitative estimate of drug-likeness (QED) is 0.368. The minimum atomic E-state index is -0.633. The van der Waals surface area contributed by atoms with Crippen LogP contribution in [-0.2, 0) is 0 Å². The summed E-state index contributed by atoms with van der Waals surface area (Å²) in [6.07, 6.45) is -0.633. The molecule has 0 saturated heterocycles. The van der Waals surface area contributed by atoms with Crippen LogP contribution in [0.2, 0.25) is 0 Å². The molecule has 0 aliphatic heterocycles. The van der Waals surface area contributed by atoms with Gasteiger partial charge in [-0.25, -0.2) is 0 Å². The van der Waals surface area contributed by atoms with Crippen LogP contribution in [0, 0.1) is 20.8 Å². The average Bonchev–Trinajstić information content (AvgIpc) is 3.23. The Morgan fingerprint density at radius 1 is 0.906 bits per heavy atom. The lowest BCUT2D eigenvalue weighted by atomic mass is 10.1. The Morgan fingerprint density at radius 3 is 2.38 bits per heavy atom. The average molecular weight is 446 g/mol. The van der Waals surface area contributed by atoms with E-state index in [4.69, 9.17) is 4.74 Å². The minimum Gasteiger partial charge on any atom is -0.491 e. The van der Waals surface area contributed by atoms with Crippen molar-refractivity contribution in [2.75, 3.05) is 12.4 Å². The fourth-order valence-electron chi connectivity index (χ4n) is 3.28. The normalized spacial score (nSPS) is 12.0. The highest BCUT2D eigenvalue weighted by Crippen LogP contribution is 2.29. The Hall–Kier alpha value is -3.09. The number of hydrogen-bond donors (Lipinski definition) is 1. The third-order valence-electron chi connectivity index (χ3n) is 5.28. The maximum Gasteiger partial charge on any atom is 0.196 e. The van der Waals surface area contributed by atoms with E-state index in [2.05, 4.69) is 46.8 Å². The lowest BCUT2D eigenvalue weighted by Crippen LogP contribution is -2.20. The molecule has 0 aliphatic rings. The van der Waals surface area contributed by atoms with Gasteiger partial charge in [0.25, 0.3) is 0 Å². The molecule has 0 bridgehead atoms. The van der Waals surface area contributed by atoms with E-state index in [9.17, 15) is 5.11 Å². The summed E-state index contributed by atoms with van der Waals surface area (Å²) in [4.78, 5) is 0. The SMILES string of the molecule is Cc1ccc(OC[C@H](O)CSc2nnc(-c3ccccc3)n2-c2ccc(C)c(C)c2)cc1. The second-order valence-corrected chi connectivity index (χ2v) is 8.85. The van der Waals surface area contributed by atoms with E-state index in [-0.39, 0.29) is 6.61 Å². The van der Waals surface area contributed by atoms with Gasteiger partial charge in [0.2, 0.25) is 0 Å². The first kappa shape index (κ1) is 22.1. The molecule has 0 unspecified atom stereocenters. The van der Waals surface area contributed by atoms with Crippen LogP contribution in [-0.4, -0.2) is 38.3 Å². The Balaban J connectivity index is 1.53. The molecule has 4 rings (SSSR count). The predicted octanol–water partition coefficient (Wildman–Crippen LogP) is 5.39. The fraction of sp³-hybridized carbons (Fsp3) is 0.231. The van der Waals surface area contributed by atoms with Crippen LogP contribution >= 0.6 is 11.8 Å². The molecular formula is C26H27N3O2S. The molecule has 0 amide bonds. The third-order valence-corrected chi connectivity index (χ3v) is 6.36. The lowest BCUT2D eigenvalue weighted by molar-refractivity contribution is 0.126. The summed E-state index contributed by atoms with van der Waals surface area (Å²) in [7, 11) is 0. The van der Waals surface area contributed by atoms with Crippen molar-refractivity contribution in [1.82, 2.24) is 14.8 Å². The van der Waals surface area contributed by atoms with Crippen LogP contribution < -0.4 is 4.74 Å². The third kappa shape index (κ3) is 5.21. The Kier molecular flexibility index (Phi) is 6.93. The smallest absolute Gasteiger partial charge is 0.196 e. The number of ether oxygens (including phenoxy) is 1. The van der Waals surface area contributed by atoms with Crippen molar-refractivity contribution in [3.8, 4) is 22.8 Å². The van der Waals surface area contributed by atoms with Crippen LogP contribution in [0.15, 0.2) is 78.0 Å². The number of aliphatic hydroxyl groups is 1. The lowest BCUT2D eigenvalue weighted by Gasteiger charge is -2.14. The molecule has 1 atom stereocenters. The number of hydrogen-bond acceptors (Lipinski definition) is 5. The molecule has 0 aliphatic carbocycles. The van der Waals surface area contributed by atoms with Gasteiger partial charge < -0.3 is 9.84 Å². The molecule has 0 radical (unpaired) electrons. The van der Waals surface area contributed by atoms with E-state index in [1.807, 2.05) is 61.5 Å². The molecule has 0 fully saturated rings. The van der Waals surface area contributed by atoms with Crippen LogP contribution in [0.1, 0.15) is 16.7 Å². The second-order valence-electron chi connectivity index (χ2n) is 7.87. The molecule has 5 nitrogen and oxygen atoms in total. The molecule has 32 heavy (non-hydrogen) atoms. The zero-order valence-electron chi connectivity index (χ0n) is 18.5. The van der Waals surface area contributed by atoms with E-state index in [0.29, 0.717) is 5.75 Å². The van der Waals surface area contributed by atoms with Gasteiger partial charge in [0.15, 0.2) is 11.0 Å². The standard InChI is InChI=1S/C26H27N3O2S/c1-18-9-13-24(14-10-18)31-16-23(30)17-32-26-28-27-25(21-7-5-4-6-8-21)29(26)22-12-11-19(2)20(3)15-22/h4-15,23,30H,16-17H2,1-3H3/t23-/m0/s1.